The Bertz CT molecular complexity index is 800. The number of para-hydroxylation sites is 1. The maximum Gasteiger partial charge on any atom is 0.231 e. The Balaban J connectivity index is 1.82. The first-order valence-corrected chi connectivity index (χ1v) is 8.11. The van der Waals surface area contributed by atoms with Crippen LogP contribution in [0, 0.1) is 0 Å². The van der Waals surface area contributed by atoms with E-state index in [1.54, 1.807) is 0 Å². The number of carbonyl (C=O) groups excluding carboxylic acids is 1. The van der Waals surface area contributed by atoms with Gasteiger partial charge in [0, 0.05) is 29.7 Å². The highest BCUT2D eigenvalue weighted by atomic mass is 16.7. The third kappa shape index (κ3) is 2.56. The molecule has 4 rings (SSSR count). The van der Waals surface area contributed by atoms with Gasteiger partial charge >= 0.3 is 0 Å². The number of fused-ring (bicyclic) bond motifs is 2. The quantitative estimate of drug-likeness (QED) is 0.935. The fraction of sp³-hybridized carbons (Fsp3) is 0.316. The summed E-state index contributed by atoms with van der Waals surface area (Å²) < 4.78 is 16.9. The minimum atomic E-state index is -0.0711. The normalized spacial score (nSPS) is 18.3. The molecule has 0 saturated heterocycles. The zero-order valence-corrected chi connectivity index (χ0v) is 13.7. The van der Waals surface area contributed by atoms with Gasteiger partial charge in [0.15, 0.2) is 11.5 Å². The van der Waals surface area contributed by atoms with E-state index in [1.807, 2.05) is 50.2 Å². The van der Waals surface area contributed by atoms with Crippen LogP contribution in [0.1, 0.15) is 37.3 Å². The summed E-state index contributed by atoms with van der Waals surface area (Å²) in [7, 11) is 0. The molecule has 2 aliphatic rings. The van der Waals surface area contributed by atoms with Gasteiger partial charge in [0.25, 0.3) is 0 Å². The predicted octanol–water partition coefficient (Wildman–Crippen LogP) is 3.68. The van der Waals surface area contributed by atoms with Crippen LogP contribution in [0.2, 0.25) is 0 Å². The van der Waals surface area contributed by atoms with E-state index in [0.29, 0.717) is 12.2 Å². The lowest BCUT2D eigenvalue weighted by Crippen LogP contribution is -2.24. The van der Waals surface area contributed by atoms with E-state index in [4.69, 9.17) is 14.2 Å². The van der Waals surface area contributed by atoms with Crippen LogP contribution >= 0.6 is 0 Å². The number of nitrogens with one attached hydrogen (secondary N) is 1. The smallest absolute Gasteiger partial charge is 0.231 e. The molecular formula is C19H19NO4. The molecule has 1 amide bonds. The largest absolute Gasteiger partial charge is 0.491 e. The zero-order valence-electron chi connectivity index (χ0n) is 13.7. The Morgan fingerprint density at radius 1 is 1.12 bits per heavy atom. The fourth-order valence-corrected chi connectivity index (χ4v) is 3.26. The molecule has 5 nitrogen and oxygen atoms in total. The third-order valence-electron chi connectivity index (χ3n) is 4.24. The Labute approximate surface area is 140 Å². The van der Waals surface area contributed by atoms with Gasteiger partial charge in [-0.1, -0.05) is 18.2 Å². The Kier molecular flexibility index (Phi) is 3.56. The molecule has 2 aromatic rings. The average molecular weight is 325 g/mol. The van der Waals surface area contributed by atoms with E-state index in [9.17, 15) is 4.79 Å². The van der Waals surface area contributed by atoms with E-state index in [2.05, 4.69) is 5.32 Å². The molecule has 2 aliphatic heterocycles. The van der Waals surface area contributed by atoms with Crippen LogP contribution in [0.5, 0.6) is 17.2 Å². The first kappa shape index (κ1) is 14.9. The highest BCUT2D eigenvalue weighted by Gasteiger charge is 2.31. The van der Waals surface area contributed by atoms with Crippen molar-refractivity contribution in [2.24, 2.45) is 0 Å². The predicted molar refractivity (Wildman–Crippen MR) is 89.9 cm³/mol. The minimum absolute atomic E-state index is 0.00860. The molecule has 1 atom stereocenters. The fourth-order valence-electron chi connectivity index (χ4n) is 3.26. The summed E-state index contributed by atoms with van der Waals surface area (Å²) in [5, 5.41) is 2.93. The van der Waals surface area contributed by atoms with Crippen molar-refractivity contribution < 1.29 is 19.0 Å². The molecule has 0 bridgehead atoms. The Morgan fingerprint density at radius 3 is 2.67 bits per heavy atom. The SMILES string of the molecule is CC(C)Oc1ccccc1[C@@H]1CC(=O)Nc2cc3c(cc21)OCO3. The molecule has 0 spiro atoms. The summed E-state index contributed by atoms with van der Waals surface area (Å²) >= 11 is 0. The molecule has 0 fully saturated rings. The number of carbonyl (C=O) groups is 1. The lowest BCUT2D eigenvalue weighted by molar-refractivity contribution is -0.116. The van der Waals surface area contributed by atoms with Crippen molar-refractivity contribution in [3.63, 3.8) is 0 Å². The number of hydrogen-bond donors (Lipinski definition) is 1. The van der Waals surface area contributed by atoms with Gasteiger partial charge in [0.1, 0.15) is 5.75 Å². The van der Waals surface area contributed by atoms with Crippen LogP contribution in [0.3, 0.4) is 0 Å². The Morgan fingerprint density at radius 2 is 1.88 bits per heavy atom. The van der Waals surface area contributed by atoms with E-state index in [0.717, 1.165) is 28.3 Å². The monoisotopic (exact) mass is 325 g/mol. The molecular weight excluding hydrogens is 306 g/mol. The van der Waals surface area contributed by atoms with Crippen molar-refractivity contribution in [3.8, 4) is 17.2 Å². The zero-order chi connectivity index (χ0) is 16.7. The van der Waals surface area contributed by atoms with Gasteiger partial charge in [-0.3, -0.25) is 4.79 Å². The van der Waals surface area contributed by atoms with Crippen LogP contribution in [-0.4, -0.2) is 18.8 Å². The molecule has 0 aliphatic carbocycles. The van der Waals surface area contributed by atoms with Gasteiger partial charge in [0.05, 0.1) is 6.10 Å². The molecule has 0 saturated carbocycles. The summed E-state index contributed by atoms with van der Waals surface area (Å²) in [6.07, 6.45) is 0.449. The molecule has 2 aromatic carbocycles. The number of amides is 1. The second-order valence-electron chi connectivity index (χ2n) is 6.30. The molecule has 124 valence electrons. The van der Waals surface area contributed by atoms with Crippen molar-refractivity contribution in [1.82, 2.24) is 0 Å². The number of ether oxygens (including phenoxy) is 3. The number of anilines is 1. The summed E-state index contributed by atoms with van der Waals surface area (Å²) in [6, 6.07) is 11.7. The van der Waals surface area contributed by atoms with Crippen molar-refractivity contribution in [2.45, 2.75) is 32.3 Å². The van der Waals surface area contributed by atoms with Crippen molar-refractivity contribution in [2.75, 3.05) is 12.1 Å². The highest BCUT2D eigenvalue weighted by molar-refractivity contribution is 5.96. The standard InChI is InChI=1S/C19H19NO4/c1-11(2)24-16-6-4-3-5-12(16)13-8-19(21)20-15-9-18-17(7-14(13)15)22-10-23-18/h3-7,9,11,13H,8,10H2,1-2H3,(H,20,21)/t13-/m0/s1. The van der Waals surface area contributed by atoms with Crippen molar-refractivity contribution in [1.29, 1.82) is 0 Å². The molecule has 0 aromatic heterocycles. The van der Waals surface area contributed by atoms with Gasteiger partial charge in [-0.2, -0.15) is 0 Å². The van der Waals surface area contributed by atoms with Crippen LogP contribution in [0.15, 0.2) is 36.4 Å². The first-order chi connectivity index (χ1) is 11.6. The minimum Gasteiger partial charge on any atom is -0.491 e. The van der Waals surface area contributed by atoms with E-state index >= 15 is 0 Å². The Hall–Kier alpha value is -2.69. The van der Waals surface area contributed by atoms with Gasteiger partial charge in [-0.15, -0.1) is 0 Å². The summed E-state index contributed by atoms with van der Waals surface area (Å²) in [5.41, 5.74) is 2.82. The average Bonchev–Trinajstić information content (AvgIpc) is 2.99. The van der Waals surface area contributed by atoms with Crippen LogP contribution in [-0.2, 0) is 4.79 Å². The van der Waals surface area contributed by atoms with Crippen LogP contribution in [0.4, 0.5) is 5.69 Å². The molecule has 0 unspecified atom stereocenters. The first-order valence-electron chi connectivity index (χ1n) is 8.11. The highest BCUT2D eigenvalue weighted by Crippen LogP contribution is 2.46. The summed E-state index contributed by atoms with van der Waals surface area (Å²) in [6.45, 7) is 4.20. The van der Waals surface area contributed by atoms with Crippen LogP contribution in [0.25, 0.3) is 0 Å². The number of hydrogen-bond acceptors (Lipinski definition) is 4. The number of benzene rings is 2. The summed E-state index contributed by atoms with van der Waals surface area (Å²) in [5.74, 6) is 2.12. The van der Waals surface area contributed by atoms with Crippen molar-refractivity contribution in [3.05, 3.63) is 47.5 Å². The molecule has 1 N–H and O–H groups in total. The van der Waals surface area contributed by atoms with Crippen LogP contribution < -0.4 is 19.5 Å². The summed E-state index contributed by atoms with van der Waals surface area (Å²) in [4.78, 5) is 12.2. The van der Waals surface area contributed by atoms with Gasteiger partial charge in [-0.05, 0) is 31.5 Å². The molecule has 0 radical (unpaired) electrons. The van der Waals surface area contributed by atoms with E-state index < -0.39 is 0 Å². The maximum atomic E-state index is 12.2. The van der Waals surface area contributed by atoms with E-state index in [-0.39, 0.29) is 24.7 Å². The molecule has 5 heteroatoms. The lowest BCUT2D eigenvalue weighted by Gasteiger charge is -2.28. The maximum absolute atomic E-state index is 12.2. The van der Waals surface area contributed by atoms with Crippen molar-refractivity contribution >= 4 is 11.6 Å². The topological polar surface area (TPSA) is 56.8 Å². The van der Waals surface area contributed by atoms with Gasteiger partial charge < -0.3 is 19.5 Å². The van der Waals surface area contributed by atoms with E-state index in [1.165, 1.54) is 0 Å². The second-order valence-corrected chi connectivity index (χ2v) is 6.30. The third-order valence-corrected chi connectivity index (χ3v) is 4.24. The number of rotatable bonds is 3. The second kappa shape index (κ2) is 5.74. The van der Waals surface area contributed by atoms with Gasteiger partial charge in [0.2, 0.25) is 12.7 Å². The molecule has 2 heterocycles. The molecule has 24 heavy (non-hydrogen) atoms. The lowest BCUT2D eigenvalue weighted by atomic mass is 9.84. The van der Waals surface area contributed by atoms with Gasteiger partial charge in [-0.25, -0.2) is 0 Å².